The first-order valence-electron chi connectivity index (χ1n) is 17.6. The standard InChI is InChI=1S/C40H37F3N4O7S2/c1-5-53-34(48)16-11-24-7-6-8-28(35(24)43)37-36-32(18-19-46(37)3)44-40(45-36)29-21-25(12-15-30(29)41)54-38-31(42)22-33-27(39(38)55(4,49)50)17-20-47(33)56(51,52)26-13-9-23(2)10-14-26/h6-10,12-15,17,20-22,37H,5,11,16,18-19H2,1-4H3,(H,44,45). The van der Waals surface area contributed by atoms with E-state index in [1.54, 1.807) is 44.2 Å². The number of imidazole rings is 1. The van der Waals surface area contributed by atoms with Gasteiger partial charge >= 0.3 is 5.97 Å². The molecule has 16 heteroatoms. The maximum absolute atomic E-state index is 16.0. The van der Waals surface area contributed by atoms with Gasteiger partial charge in [-0.05, 0) is 69.3 Å². The lowest BCUT2D eigenvalue weighted by atomic mass is 9.93. The number of hydrogen-bond donors (Lipinski definition) is 1. The van der Waals surface area contributed by atoms with Crippen molar-refractivity contribution >= 4 is 36.7 Å². The highest BCUT2D eigenvalue weighted by Gasteiger charge is 2.33. The molecule has 6 aromatic rings. The molecule has 4 aromatic carbocycles. The number of fused-ring (bicyclic) bond motifs is 2. The van der Waals surface area contributed by atoms with Crippen LogP contribution in [0.3, 0.4) is 0 Å². The Morgan fingerprint density at radius 3 is 2.45 bits per heavy atom. The molecule has 0 saturated carbocycles. The number of hydrogen-bond acceptors (Lipinski definition) is 9. The molecular weight excluding hydrogens is 770 g/mol. The Hall–Kier alpha value is -5.45. The van der Waals surface area contributed by atoms with Crippen molar-refractivity contribution in [2.24, 2.45) is 0 Å². The Bertz CT molecular complexity index is 2730. The highest BCUT2D eigenvalue weighted by Crippen LogP contribution is 2.41. The Morgan fingerprint density at radius 2 is 1.73 bits per heavy atom. The van der Waals surface area contributed by atoms with Crippen LogP contribution in [0.15, 0.2) is 88.8 Å². The van der Waals surface area contributed by atoms with E-state index in [0.29, 0.717) is 35.5 Å². The van der Waals surface area contributed by atoms with Gasteiger partial charge in [0.1, 0.15) is 28.1 Å². The maximum Gasteiger partial charge on any atom is 0.306 e. The van der Waals surface area contributed by atoms with Crippen LogP contribution in [0.2, 0.25) is 0 Å². The van der Waals surface area contributed by atoms with Crippen LogP contribution in [0.1, 0.15) is 47.5 Å². The number of carbonyl (C=O) groups is 1. The van der Waals surface area contributed by atoms with Crippen molar-refractivity contribution in [2.45, 2.75) is 48.9 Å². The lowest BCUT2D eigenvalue weighted by Crippen LogP contribution is -2.33. The Balaban J connectivity index is 1.25. The van der Waals surface area contributed by atoms with Crippen molar-refractivity contribution in [1.29, 1.82) is 0 Å². The first kappa shape index (κ1) is 38.8. The van der Waals surface area contributed by atoms with E-state index < -0.39 is 60.0 Å². The van der Waals surface area contributed by atoms with E-state index in [4.69, 9.17) is 14.5 Å². The number of nitrogens with one attached hydrogen (secondary N) is 1. The smallest absolute Gasteiger partial charge is 0.306 e. The molecule has 3 heterocycles. The van der Waals surface area contributed by atoms with Gasteiger partial charge in [-0.25, -0.2) is 39.0 Å². The number of H-pyrrole nitrogens is 1. The first-order valence-corrected chi connectivity index (χ1v) is 21.0. The molecule has 56 heavy (non-hydrogen) atoms. The summed E-state index contributed by atoms with van der Waals surface area (Å²) in [4.78, 5) is 21.1. The molecule has 0 bridgehead atoms. The fraction of sp³-hybridized carbons (Fsp3) is 0.250. The van der Waals surface area contributed by atoms with Crippen LogP contribution in [0, 0.1) is 24.4 Å². The van der Waals surface area contributed by atoms with E-state index in [1.807, 2.05) is 11.9 Å². The fourth-order valence-electron chi connectivity index (χ4n) is 6.99. The molecule has 11 nitrogen and oxygen atoms in total. The summed E-state index contributed by atoms with van der Waals surface area (Å²) in [5.41, 5.74) is 2.28. The predicted octanol–water partition coefficient (Wildman–Crippen LogP) is 7.26. The number of rotatable bonds is 11. The lowest BCUT2D eigenvalue weighted by molar-refractivity contribution is -0.143. The number of esters is 1. The van der Waals surface area contributed by atoms with Crippen molar-refractivity contribution in [1.82, 2.24) is 18.8 Å². The third-order valence-corrected chi connectivity index (χ3v) is 12.6. The number of nitrogens with zero attached hydrogens (tertiary/aromatic N) is 3. The second-order valence-electron chi connectivity index (χ2n) is 13.6. The van der Waals surface area contributed by atoms with Crippen LogP contribution in [-0.4, -0.2) is 68.1 Å². The minimum absolute atomic E-state index is 0.0102. The molecule has 1 atom stereocenters. The molecule has 7 rings (SSSR count). The van der Waals surface area contributed by atoms with Crippen molar-refractivity contribution < 1.29 is 44.3 Å². The Labute approximate surface area is 321 Å². The highest BCUT2D eigenvalue weighted by atomic mass is 32.2. The summed E-state index contributed by atoms with van der Waals surface area (Å²) >= 11 is 0. The van der Waals surface area contributed by atoms with Gasteiger partial charge in [0.15, 0.2) is 21.4 Å². The van der Waals surface area contributed by atoms with Crippen molar-refractivity contribution in [3.05, 3.63) is 125 Å². The SMILES string of the molecule is CCOC(=O)CCc1cccc(C2c3nc(-c4cc(Oc5c(F)cc6c(ccn6S(=O)(=O)c6ccc(C)cc6)c5S(C)(=O)=O)ccc4F)[nH]c3CCN2C)c1F. The molecule has 0 radical (unpaired) electrons. The molecule has 0 amide bonds. The van der Waals surface area contributed by atoms with Crippen LogP contribution in [-0.2, 0) is 42.2 Å². The van der Waals surface area contributed by atoms with Gasteiger partial charge in [-0.1, -0.05) is 35.9 Å². The second kappa shape index (κ2) is 14.9. The minimum Gasteiger partial charge on any atom is -0.466 e. The largest absolute Gasteiger partial charge is 0.466 e. The first-order chi connectivity index (χ1) is 26.6. The average molecular weight is 807 g/mol. The molecule has 2 aromatic heterocycles. The normalized spacial score (nSPS) is 14.9. The van der Waals surface area contributed by atoms with Crippen molar-refractivity contribution in [2.75, 3.05) is 26.5 Å². The van der Waals surface area contributed by atoms with Crippen LogP contribution in [0.25, 0.3) is 22.3 Å². The Morgan fingerprint density at radius 1 is 0.982 bits per heavy atom. The summed E-state index contributed by atoms with van der Waals surface area (Å²) in [6, 6.07) is 15.9. The molecule has 1 aliphatic heterocycles. The molecule has 0 fully saturated rings. The highest BCUT2D eigenvalue weighted by molar-refractivity contribution is 7.91. The van der Waals surface area contributed by atoms with E-state index in [9.17, 15) is 21.6 Å². The third-order valence-electron chi connectivity index (χ3n) is 9.71. The minimum atomic E-state index is -4.26. The summed E-state index contributed by atoms with van der Waals surface area (Å²) in [6.45, 7) is 4.23. The van der Waals surface area contributed by atoms with Gasteiger partial charge in [-0.2, -0.15) is 0 Å². The van der Waals surface area contributed by atoms with Crippen LogP contribution >= 0.6 is 0 Å². The van der Waals surface area contributed by atoms with Gasteiger partial charge in [0.25, 0.3) is 10.0 Å². The number of likely N-dealkylation sites (N-methyl/N-ethyl adjacent to an activating group) is 1. The summed E-state index contributed by atoms with van der Waals surface area (Å²) < 4.78 is 113. The predicted molar refractivity (Wildman–Crippen MR) is 202 cm³/mol. The van der Waals surface area contributed by atoms with E-state index in [0.717, 1.165) is 34.1 Å². The van der Waals surface area contributed by atoms with Crippen LogP contribution < -0.4 is 4.74 Å². The number of aromatic amines is 1. The number of carbonyl (C=O) groups excluding carboxylic acids is 1. The molecule has 292 valence electrons. The zero-order chi connectivity index (χ0) is 40.1. The summed E-state index contributed by atoms with van der Waals surface area (Å²) in [5.74, 6) is -3.58. The third kappa shape index (κ3) is 7.19. The topological polar surface area (TPSA) is 141 Å². The van der Waals surface area contributed by atoms with Crippen LogP contribution in [0.4, 0.5) is 13.2 Å². The fourth-order valence-corrected chi connectivity index (χ4v) is 9.38. The number of halogens is 3. The Kier molecular flexibility index (Phi) is 10.3. The molecule has 1 unspecified atom stereocenters. The molecule has 0 saturated heterocycles. The number of sulfone groups is 1. The molecular formula is C40H37F3N4O7S2. The summed E-state index contributed by atoms with van der Waals surface area (Å²) in [5, 5.41) is -0.104. The number of ether oxygens (including phenoxy) is 2. The van der Waals surface area contributed by atoms with Gasteiger partial charge in [0, 0.05) is 54.5 Å². The second-order valence-corrected chi connectivity index (χ2v) is 17.4. The number of benzene rings is 4. The lowest BCUT2D eigenvalue weighted by Gasteiger charge is -2.32. The zero-order valence-corrected chi connectivity index (χ0v) is 32.4. The van der Waals surface area contributed by atoms with E-state index in [1.165, 1.54) is 30.3 Å². The van der Waals surface area contributed by atoms with Crippen molar-refractivity contribution in [3.63, 3.8) is 0 Å². The maximum atomic E-state index is 16.0. The summed E-state index contributed by atoms with van der Waals surface area (Å²) in [7, 11) is -6.69. The van der Waals surface area contributed by atoms with E-state index in [-0.39, 0.29) is 52.4 Å². The quantitative estimate of drug-likeness (QED) is 0.134. The average Bonchev–Trinajstić information content (AvgIpc) is 3.77. The van der Waals surface area contributed by atoms with Gasteiger partial charge < -0.3 is 14.5 Å². The van der Waals surface area contributed by atoms with Gasteiger partial charge in [0.05, 0.1) is 34.3 Å². The zero-order valence-electron chi connectivity index (χ0n) is 30.8. The van der Waals surface area contributed by atoms with Gasteiger partial charge in [0.2, 0.25) is 0 Å². The van der Waals surface area contributed by atoms with Gasteiger partial charge in [-0.3, -0.25) is 9.69 Å². The molecule has 1 N–H and O–H groups in total. The number of aryl methyl sites for hydroxylation is 2. The molecule has 1 aliphatic rings. The van der Waals surface area contributed by atoms with E-state index >= 15 is 13.2 Å². The van der Waals surface area contributed by atoms with E-state index in [2.05, 4.69) is 4.98 Å². The van der Waals surface area contributed by atoms with Crippen molar-refractivity contribution in [3.8, 4) is 22.9 Å². The van der Waals surface area contributed by atoms with Crippen LogP contribution in [0.5, 0.6) is 11.5 Å². The summed E-state index contributed by atoms with van der Waals surface area (Å²) in [6.07, 6.45) is 2.62. The molecule has 0 spiro atoms. The van der Waals surface area contributed by atoms with Gasteiger partial charge in [-0.15, -0.1) is 0 Å². The number of aromatic nitrogens is 3. The monoisotopic (exact) mass is 806 g/mol. The molecule has 0 aliphatic carbocycles.